The number of rotatable bonds is 2. The lowest BCUT2D eigenvalue weighted by Crippen LogP contribution is -1.99. The van der Waals surface area contributed by atoms with Crippen LogP contribution in [0.1, 0.15) is 27.9 Å². The third kappa shape index (κ3) is 1.77. The molecule has 3 nitrogen and oxygen atoms in total. The Morgan fingerprint density at radius 1 is 1.64 bits per heavy atom. The van der Waals surface area contributed by atoms with Crippen LogP contribution in [0.5, 0.6) is 0 Å². The summed E-state index contributed by atoms with van der Waals surface area (Å²) in [7, 11) is 0. The van der Waals surface area contributed by atoms with Crippen molar-refractivity contribution in [3.63, 3.8) is 0 Å². The molecule has 0 unspecified atom stereocenters. The van der Waals surface area contributed by atoms with Crippen molar-refractivity contribution < 1.29 is 13.6 Å². The highest BCUT2D eigenvalue weighted by atomic mass is 79.9. The second-order valence-electron chi connectivity index (χ2n) is 2.32. The number of carbonyl (C=O) groups excluding carboxylic acids is 1. The second-order valence-corrected chi connectivity index (χ2v) is 3.07. The van der Waals surface area contributed by atoms with Crippen LogP contribution < -0.4 is 0 Å². The summed E-state index contributed by atoms with van der Waals surface area (Å²) < 4.78 is 24.8. The molecule has 0 radical (unpaired) electrons. The molecule has 72 valence electrons. The summed E-state index contributed by atoms with van der Waals surface area (Å²) in [5.74, 6) is 0. The molecule has 6 heteroatoms. The lowest BCUT2D eigenvalue weighted by atomic mass is 10.1. The predicted octanol–water partition coefficient (Wildman–Crippen LogP) is 2.47. The van der Waals surface area contributed by atoms with E-state index in [1.165, 1.54) is 0 Å². The minimum atomic E-state index is -2.82. The molecular formula is C8H3BrF2N2O. The molecule has 1 rings (SSSR count). The van der Waals surface area contributed by atoms with E-state index in [2.05, 4.69) is 20.9 Å². The number of nitriles is 1. The largest absolute Gasteiger partial charge is 0.298 e. The molecule has 0 N–H and O–H groups in total. The van der Waals surface area contributed by atoms with Crippen LogP contribution in [0.2, 0.25) is 0 Å². The lowest BCUT2D eigenvalue weighted by molar-refractivity contribution is 0.112. The van der Waals surface area contributed by atoms with Gasteiger partial charge in [0.2, 0.25) is 0 Å². The molecule has 1 heterocycles. The summed E-state index contributed by atoms with van der Waals surface area (Å²) >= 11 is 2.89. The predicted molar refractivity (Wildman–Crippen MR) is 47.0 cm³/mol. The molecule has 1 aromatic heterocycles. The molecule has 0 saturated heterocycles. The van der Waals surface area contributed by atoms with Crippen LogP contribution in [0.25, 0.3) is 0 Å². The fraction of sp³-hybridized carbons (Fsp3) is 0.125. The Kier molecular flexibility index (Phi) is 3.25. The van der Waals surface area contributed by atoms with Crippen molar-refractivity contribution >= 4 is 22.2 Å². The average Bonchev–Trinajstić information content (AvgIpc) is 2.16. The van der Waals surface area contributed by atoms with E-state index in [1.807, 2.05) is 0 Å². The van der Waals surface area contributed by atoms with Gasteiger partial charge in [0, 0.05) is 6.20 Å². The molecule has 0 saturated carbocycles. The van der Waals surface area contributed by atoms with Gasteiger partial charge in [-0.15, -0.1) is 0 Å². The number of hydrogen-bond donors (Lipinski definition) is 0. The average molecular weight is 261 g/mol. The van der Waals surface area contributed by atoms with E-state index < -0.39 is 12.0 Å². The van der Waals surface area contributed by atoms with E-state index in [4.69, 9.17) is 5.26 Å². The van der Waals surface area contributed by atoms with Gasteiger partial charge >= 0.3 is 0 Å². The molecule has 0 atom stereocenters. The van der Waals surface area contributed by atoms with E-state index in [-0.39, 0.29) is 15.7 Å². The molecule has 0 aliphatic carbocycles. The van der Waals surface area contributed by atoms with Crippen molar-refractivity contribution in [2.45, 2.75) is 6.43 Å². The number of pyridine rings is 1. The highest BCUT2D eigenvalue weighted by molar-refractivity contribution is 9.10. The quantitative estimate of drug-likeness (QED) is 0.607. The second kappa shape index (κ2) is 4.24. The first-order valence-corrected chi connectivity index (χ1v) is 4.23. The van der Waals surface area contributed by atoms with Gasteiger partial charge < -0.3 is 0 Å². The van der Waals surface area contributed by atoms with Gasteiger partial charge in [0.05, 0.1) is 16.7 Å². The van der Waals surface area contributed by atoms with Crippen LogP contribution in [-0.2, 0) is 0 Å². The van der Waals surface area contributed by atoms with Gasteiger partial charge in [-0.1, -0.05) is 0 Å². The Morgan fingerprint density at radius 3 is 2.71 bits per heavy atom. The summed E-state index contributed by atoms with van der Waals surface area (Å²) in [4.78, 5) is 14.0. The van der Waals surface area contributed by atoms with Crippen molar-refractivity contribution in [3.05, 3.63) is 27.5 Å². The number of carbonyl (C=O) groups is 1. The molecule has 0 fully saturated rings. The maximum absolute atomic E-state index is 12.3. The SMILES string of the molecule is N#Cc1c(C(F)F)cnc(Br)c1C=O. The fourth-order valence-electron chi connectivity index (χ4n) is 0.917. The zero-order chi connectivity index (χ0) is 10.7. The molecule has 0 aromatic carbocycles. The van der Waals surface area contributed by atoms with Crippen molar-refractivity contribution in [1.82, 2.24) is 4.98 Å². The highest BCUT2D eigenvalue weighted by Gasteiger charge is 2.18. The van der Waals surface area contributed by atoms with Crippen LogP contribution in [0, 0.1) is 11.3 Å². The Hall–Kier alpha value is -1.35. The monoisotopic (exact) mass is 260 g/mol. The normalized spacial score (nSPS) is 9.93. The van der Waals surface area contributed by atoms with Gasteiger partial charge in [-0.2, -0.15) is 5.26 Å². The fourth-order valence-corrected chi connectivity index (χ4v) is 1.31. The molecule has 0 aliphatic rings. The van der Waals surface area contributed by atoms with Gasteiger partial charge in [0.1, 0.15) is 10.7 Å². The Balaban J connectivity index is 3.50. The Morgan fingerprint density at radius 2 is 2.29 bits per heavy atom. The topological polar surface area (TPSA) is 53.8 Å². The minimum Gasteiger partial charge on any atom is -0.298 e. The van der Waals surface area contributed by atoms with Crippen LogP contribution >= 0.6 is 15.9 Å². The maximum atomic E-state index is 12.3. The highest BCUT2D eigenvalue weighted by Crippen LogP contribution is 2.26. The van der Waals surface area contributed by atoms with Crippen molar-refractivity contribution in [1.29, 1.82) is 5.26 Å². The standard InChI is InChI=1S/C8H3BrF2N2O/c9-7-6(3-14)4(1-12)5(2-13-7)8(10)11/h2-3,8H. The molecule has 0 spiro atoms. The van der Waals surface area contributed by atoms with Crippen LogP contribution in [0.3, 0.4) is 0 Å². The zero-order valence-corrected chi connectivity index (χ0v) is 8.25. The van der Waals surface area contributed by atoms with Gasteiger partial charge in [-0.05, 0) is 15.9 Å². The van der Waals surface area contributed by atoms with Crippen molar-refractivity contribution in [2.75, 3.05) is 0 Å². The summed E-state index contributed by atoms with van der Waals surface area (Å²) in [6.07, 6.45) is -1.62. The number of nitrogens with zero attached hydrogens (tertiary/aromatic N) is 2. The first kappa shape index (κ1) is 10.7. The third-order valence-corrected chi connectivity index (χ3v) is 2.19. The molecule has 0 bridgehead atoms. The van der Waals surface area contributed by atoms with E-state index in [1.54, 1.807) is 6.07 Å². The number of halogens is 3. The van der Waals surface area contributed by atoms with Crippen molar-refractivity contribution in [3.8, 4) is 6.07 Å². The minimum absolute atomic E-state index is 0.0912. The smallest absolute Gasteiger partial charge is 0.266 e. The number of aromatic nitrogens is 1. The number of hydrogen-bond acceptors (Lipinski definition) is 3. The molecular weight excluding hydrogens is 258 g/mol. The van der Waals surface area contributed by atoms with E-state index in [0.717, 1.165) is 6.20 Å². The van der Waals surface area contributed by atoms with Crippen LogP contribution in [0.15, 0.2) is 10.8 Å². The first-order chi connectivity index (χ1) is 6.61. The third-order valence-electron chi connectivity index (χ3n) is 1.56. The van der Waals surface area contributed by atoms with E-state index >= 15 is 0 Å². The Labute approximate surface area is 86.5 Å². The maximum Gasteiger partial charge on any atom is 0.266 e. The summed E-state index contributed by atoms with van der Waals surface area (Å²) in [6, 6.07) is 1.56. The first-order valence-electron chi connectivity index (χ1n) is 3.43. The Bertz CT molecular complexity index is 415. The zero-order valence-electron chi connectivity index (χ0n) is 6.67. The molecule has 0 amide bonds. The summed E-state index contributed by atoms with van der Waals surface area (Å²) in [6.45, 7) is 0. The van der Waals surface area contributed by atoms with Crippen LogP contribution in [0.4, 0.5) is 8.78 Å². The summed E-state index contributed by atoms with van der Waals surface area (Å²) in [5.41, 5.74) is -1.01. The van der Waals surface area contributed by atoms with Gasteiger partial charge in [-0.3, -0.25) is 4.79 Å². The molecule has 1 aromatic rings. The van der Waals surface area contributed by atoms with Crippen molar-refractivity contribution in [2.24, 2.45) is 0 Å². The van der Waals surface area contributed by atoms with Gasteiger partial charge in [-0.25, -0.2) is 13.8 Å². The van der Waals surface area contributed by atoms with Gasteiger partial charge in [0.25, 0.3) is 6.43 Å². The number of alkyl halides is 2. The molecule has 14 heavy (non-hydrogen) atoms. The van der Waals surface area contributed by atoms with E-state index in [0.29, 0.717) is 6.29 Å². The number of aldehydes is 1. The van der Waals surface area contributed by atoms with Crippen LogP contribution in [-0.4, -0.2) is 11.3 Å². The lowest BCUT2D eigenvalue weighted by Gasteiger charge is -2.04. The van der Waals surface area contributed by atoms with Gasteiger partial charge in [0.15, 0.2) is 6.29 Å². The molecule has 0 aliphatic heterocycles. The summed E-state index contributed by atoms with van der Waals surface area (Å²) in [5, 5.41) is 8.61. The van der Waals surface area contributed by atoms with E-state index in [9.17, 15) is 13.6 Å².